The number of methoxy groups -OCH3 is 1. The van der Waals surface area contributed by atoms with Crippen molar-refractivity contribution < 1.29 is 4.74 Å². The molecule has 0 aromatic heterocycles. The normalized spacial score (nSPS) is 16.5. The fourth-order valence-corrected chi connectivity index (χ4v) is 2.37. The van der Waals surface area contributed by atoms with Crippen LogP contribution in [0.5, 0.6) is 0 Å². The van der Waals surface area contributed by atoms with E-state index in [9.17, 15) is 0 Å². The molecule has 1 aliphatic carbocycles. The summed E-state index contributed by atoms with van der Waals surface area (Å²) >= 11 is 0. The van der Waals surface area contributed by atoms with Crippen LogP contribution in [0.3, 0.4) is 0 Å². The molecular weight excluding hydrogens is 355 g/mol. The summed E-state index contributed by atoms with van der Waals surface area (Å²) < 4.78 is 4.99. The molecule has 1 rings (SSSR count). The third-order valence-corrected chi connectivity index (χ3v) is 3.53. The van der Waals surface area contributed by atoms with E-state index in [2.05, 4.69) is 27.6 Å². The van der Waals surface area contributed by atoms with E-state index in [0.717, 1.165) is 31.6 Å². The lowest BCUT2D eigenvalue weighted by atomic mass is 10.2. The van der Waals surface area contributed by atoms with Crippen molar-refractivity contribution >= 4 is 29.9 Å². The van der Waals surface area contributed by atoms with Crippen molar-refractivity contribution in [3.05, 3.63) is 0 Å². The van der Waals surface area contributed by atoms with E-state index in [0.29, 0.717) is 6.61 Å². The van der Waals surface area contributed by atoms with Gasteiger partial charge in [-0.1, -0.05) is 12.8 Å². The van der Waals surface area contributed by atoms with Gasteiger partial charge in [-0.05, 0) is 19.9 Å². The quantitative estimate of drug-likeness (QED) is 0.301. The van der Waals surface area contributed by atoms with E-state index in [4.69, 9.17) is 4.74 Å². The smallest absolute Gasteiger partial charge is 0.191 e. The third-order valence-electron chi connectivity index (χ3n) is 3.53. The Balaban J connectivity index is 0.00000324. The topological polar surface area (TPSA) is 48.9 Å². The molecule has 0 atom stereocenters. The van der Waals surface area contributed by atoms with E-state index in [1.165, 1.54) is 25.7 Å². The second-order valence-corrected chi connectivity index (χ2v) is 4.84. The average Bonchev–Trinajstić information content (AvgIpc) is 2.91. The maximum Gasteiger partial charge on any atom is 0.191 e. The lowest BCUT2D eigenvalue weighted by Crippen LogP contribution is -2.43. The molecular formula is C13H29IN4O. The molecule has 114 valence electrons. The standard InChI is InChI=1S/C13H28N4O.HI/c1-14-13(16-9-11-18-3)15-8-10-17(2)12-6-4-5-7-12;/h12H,4-11H2,1-3H3,(H2,14,15,16);1H. The van der Waals surface area contributed by atoms with Crippen LogP contribution in [0.15, 0.2) is 4.99 Å². The molecule has 0 bridgehead atoms. The number of hydrogen-bond donors (Lipinski definition) is 2. The zero-order valence-corrected chi connectivity index (χ0v) is 14.8. The number of likely N-dealkylation sites (N-methyl/N-ethyl adjacent to an activating group) is 1. The Morgan fingerprint density at radius 3 is 2.47 bits per heavy atom. The number of nitrogens with one attached hydrogen (secondary N) is 2. The molecule has 1 saturated carbocycles. The molecule has 5 nitrogen and oxygen atoms in total. The predicted octanol–water partition coefficient (Wildman–Crippen LogP) is 1.29. The van der Waals surface area contributed by atoms with Gasteiger partial charge < -0.3 is 20.3 Å². The first-order valence-corrected chi connectivity index (χ1v) is 6.91. The number of guanidine groups is 1. The molecule has 0 unspecified atom stereocenters. The molecule has 0 spiro atoms. The number of aliphatic imine (C=N–C) groups is 1. The van der Waals surface area contributed by atoms with Crippen LogP contribution in [0.4, 0.5) is 0 Å². The van der Waals surface area contributed by atoms with Gasteiger partial charge in [0.2, 0.25) is 0 Å². The first-order chi connectivity index (χ1) is 8.77. The Morgan fingerprint density at radius 2 is 1.89 bits per heavy atom. The summed E-state index contributed by atoms with van der Waals surface area (Å²) in [5.74, 6) is 0.854. The van der Waals surface area contributed by atoms with Crippen LogP contribution in [0.25, 0.3) is 0 Å². The monoisotopic (exact) mass is 384 g/mol. The Hall–Kier alpha value is -0.0800. The zero-order chi connectivity index (χ0) is 13.2. The van der Waals surface area contributed by atoms with Gasteiger partial charge in [0.05, 0.1) is 6.61 Å². The summed E-state index contributed by atoms with van der Waals surface area (Å²) in [7, 11) is 5.72. The highest BCUT2D eigenvalue weighted by molar-refractivity contribution is 14.0. The predicted molar refractivity (Wildman–Crippen MR) is 91.5 cm³/mol. The number of hydrogen-bond acceptors (Lipinski definition) is 3. The number of rotatable bonds is 7. The lowest BCUT2D eigenvalue weighted by Gasteiger charge is -2.24. The first kappa shape index (κ1) is 18.9. The van der Waals surface area contributed by atoms with Crippen LogP contribution < -0.4 is 10.6 Å². The van der Waals surface area contributed by atoms with Gasteiger partial charge in [0.1, 0.15) is 0 Å². The van der Waals surface area contributed by atoms with Gasteiger partial charge in [0.25, 0.3) is 0 Å². The van der Waals surface area contributed by atoms with Crippen LogP contribution in [-0.4, -0.2) is 64.3 Å². The van der Waals surface area contributed by atoms with Gasteiger partial charge in [-0.25, -0.2) is 0 Å². The van der Waals surface area contributed by atoms with E-state index in [1.54, 1.807) is 14.2 Å². The highest BCUT2D eigenvalue weighted by Crippen LogP contribution is 2.21. The molecule has 0 aliphatic heterocycles. The SMILES string of the molecule is CN=C(NCCOC)NCCN(C)C1CCCC1.I. The van der Waals surface area contributed by atoms with Crippen molar-refractivity contribution in [2.45, 2.75) is 31.7 Å². The highest BCUT2D eigenvalue weighted by Gasteiger charge is 2.18. The fraction of sp³-hybridized carbons (Fsp3) is 0.923. The van der Waals surface area contributed by atoms with Crippen molar-refractivity contribution in [3.63, 3.8) is 0 Å². The maximum absolute atomic E-state index is 4.99. The molecule has 1 aliphatic rings. The molecule has 2 N–H and O–H groups in total. The fourth-order valence-electron chi connectivity index (χ4n) is 2.37. The van der Waals surface area contributed by atoms with E-state index in [-0.39, 0.29) is 24.0 Å². The summed E-state index contributed by atoms with van der Waals surface area (Å²) in [4.78, 5) is 6.64. The van der Waals surface area contributed by atoms with Crippen molar-refractivity contribution in [2.24, 2.45) is 4.99 Å². The van der Waals surface area contributed by atoms with Crippen LogP contribution in [0.1, 0.15) is 25.7 Å². The van der Waals surface area contributed by atoms with Crippen molar-refractivity contribution in [1.82, 2.24) is 15.5 Å². The Bertz CT molecular complexity index is 245. The second kappa shape index (κ2) is 11.7. The van der Waals surface area contributed by atoms with Gasteiger partial charge >= 0.3 is 0 Å². The summed E-state index contributed by atoms with van der Waals surface area (Å²) in [5, 5.41) is 6.53. The van der Waals surface area contributed by atoms with Gasteiger partial charge in [0, 0.05) is 39.8 Å². The largest absolute Gasteiger partial charge is 0.383 e. The number of halogens is 1. The van der Waals surface area contributed by atoms with Crippen molar-refractivity contribution in [1.29, 1.82) is 0 Å². The van der Waals surface area contributed by atoms with Gasteiger partial charge in [0.15, 0.2) is 5.96 Å². The molecule has 1 fully saturated rings. The maximum atomic E-state index is 4.99. The molecule has 19 heavy (non-hydrogen) atoms. The minimum Gasteiger partial charge on any atom is -0.383 e. The van der Waals surface area contributed by atoms with E-state index in [1.807, 2.05) is 0 Å². The second-order valence-electron chi connectivity index (χ2n) is 4.84. The molecule has 0 aromatic carbocycles. The van der Waals surface area contributed by atoms with Gasteiger partial charge in [-0.3, -0.25) is 4.99 Å². The van der Waals surface area contributed by atoms with E-state index >= 15 is 0 Å². The summed E-state index contributed by atoms with van der Waals surface area (Å²) in [5.41, 5.74) is 0. The third kappa shape index (κ3) is 7.94. The number of ether oxygens (including phenoxy) is 1. The molecule has 0 aromatic rings. The van der Waals surface area contributed by atoms with Crippen LogP contribution in [-0.2, 0) is 4.74 Å². The Morgan fingerprint density at radius 1 is 1.26 bits per heavy atom. The minimum atomic E-state index is 0. The lowest BCUT2D eigenvalue weighted by molar-refractivity contribution is 0.203. The van der Waals surface area contributed by atoms with Crippen molar-refractivity contribution in [3.8, 4) is 0 Å². The molecule has 0 heterocycles. The van der Waals surface area contributed by atoms with Crippen LogP contribution in [0, 0.1) is 0 Å². The zero-order valence-electron chi connectivity index (χ0n) is 12.4. The highest BCUT2D eigenvalue weighted by atomic mass is 127. The van der Waals surface area contributed by atoms with Crippen LogP contribution >= 0.6 is 24.0 Å². The van der Waals surface area contributed by atoms with Crippen LogP contribution in [0.2, 0.25) is 0 Å². The Kier molecular flexibility index (Phi) is 11.7. The summed E-state index contributed by atoms with van der Waals surface area (Å²) in [6.07, 6.45) is 5.50. The van der Waals surface area contributed by atoms with Gasteiger partial charge in [-0.15, -0.1) is 24.0 Å². The molecule has 6 heteroatoms. The number of nitrogens with zero attached hydrogens (tertiary/aromatic N) is 2. The first-order valence-electron chi connectivity index (χ1n) is 6.91. The average molecular weight is 384 g/mol. The molecule has 0 saturated heterocycles. The van der Waals surface area contributed by atoms with Gasteiger partial charge in [-0.2, -0.15) is 0 Å². The van der Waals surface area contributed by atoms with E-state index < -0.39 is 0 Å². The summed E-state index contributed by atoms with van der Waals surface area (Å²) in [6.45, 7) is 3.48. The molecule has 0 amide bonds. The molecule has 0 radical (unpaired) electrons. The Labute approximate surface area is 134 Å². The van der Waals surface area contributed by atoms with Crippen molar-refractivity contribution in [2.75, 3.05) is 47.4 Å². The summed E-state index contributed by atoms with van der Waals surface area (Å²) in [6, 6.07) is 0.787. The minimum absolute atomic E-state index is 0.